The molecule has 0 rings (SSSR count). The van der Waals surface area contributed by atoms with Crippen LogP contribution in [0.25, 0.3) is 0 Å². The first-order valence-electron chi connectivity index (χ1n) is 4.35. The van der Waals surface area contributed by atoms with Gasteiger partial charge >= 0.3 is 6.09 Å². The van der Waals surface area contributed by atoms with Gasteiger partial charge in [-0.2, -0.15) is 0 Å². The summed E-state index contributed by atoms with van der Waals surface area (Å²) < 4.78 is 9.50. The summed E-state index contributed by atoms with van der Waals surface area (Å²) >= 11 is 0. The minimum absolute atomic E-state index is 0.0353. The molecule has 0 aromatic carbocycles. The Morgan fingerprint density at radius 2 is 2.31 bits per heavy atom. The summed E-state index contributed by atoms with van der Waals surface area (Å²) in [5.41, 5.74) is 5.63. The smallest absolute Gasteiger partial charge is 0.407 e. The average molecular weight is 190 g/mol. The van der Waals surface area contributed by atoms with Crippen molar-refractivity contribution in [2.45, 2.75) is 19.4 Å². The number of alkyl carbamates (subject to hydrolysis) is 1. The maximum atomic E-state index is 10.8. The van der Waals surface area contributed by atoms with Gasteiger partial charge in [0.1, 0.15) is 0 Å². The summed E-state index contributed by atoms with van der Waals surface area (Å²) in [5.74, 6) is 0. The topological polar surface area (TPSA) is 73.6 Å². The van der Waals surface area contributed by atoms with Crippen LogP contribution < -0.4 is 11.1 Å². The largest absolute Gasteiger partial charge is 0.450 e. The fourth-order valence-corrected chi connectivity index (χ4v) is 0.839. The molecule has 0 radical (unpaired) electrons. The number of nitrogens with one attached hydrogen (secondary N) is 1. The molecule has 1 amide bonds. The van der Waals surface area contributed by atoms with Crippen molar-refractivity contribution in [3.8, 4) is 0 Å². The van der Waals surface area contributed by atoms with Gasteiger partial charge < -0.3 is 20.5 Å². The Labute approximate surface area is 78.6 Å². The second-order valence-electron chi connectivity index (χ2n) is 2.65. The Bertz CT molecular complexity index is 141. The van der Waals surface area contributed by atoms with Gasteiger partial charge in [0, 0.05) is 19.7 Å². The van der Waals surface area contributed by atoms with Gasteiger partial charge in [-0.25, -0.2) is 4.79 Å². The van der Waals surface area contributed by atoms with E-state index in [0.717, 1.165) is 0 Å². The van der Waals surface area contributed by atoms with Crippen LogP contribution in [-0.4, -0.2) is 39.0 Å². The normalized spacial score (nSPS) is 12.2. The predicted molar refractivity (Wildman–Crippen MR) is 49.5 cm³/mol. The summed E-state index contributed by atoms with van der Waals surface area (Å²) in [6.07, 6.45) is 0.291. The molecule has 78 valence electrons. The second-order valence-corrected chi connectivity index (χ2v) is 2.65. The van der Waals surface area contributed by atoms with Crippen molar-refractivity contribution in [2.75, 3.05) is 26.9 Å². The number of nitrogens with two attached hydrogens (primary N) is 1. The third-order valence-corrected chi connectivity index (χ3v) is 1.44. The number of carbonyl (C=O) groups excluding carboxylic acids is 1. The highest BCUT2D eigenvalue weighted by Crippen LogP contribution is 1.87. The van der Waals surface area contributed by atoms with E-state index < -0.39 is 6.09 Å². The molecular formula is C8H18N2O3. The summed E-state index contributed by atoms with van der Waals surface area (Å²) in [6, 6.07) is -0.0353. The summed E-state index contributed by atoms with van der Waals surface area (Å²) in [4.78, 5) is 10.8. The van der Waals surface area contributed by atoms with E-state index in [1.807, 2.05) is 0 Å². The van der Waals surface area contributed by atoms with Crippen LogP contribution >= 0.6 is 0 Å². The monoisotopic (exact) mass is 190 g/mol. The Hall–Kier alpha value is -0.810. The van der Waals surface area contributed by atoms with Crippen LogP contribution in [-0.2, 0) is 9.47 Å². The molecule has 0 aromatic rings. The lowest BCUT2D eigenvalue weighted by molar-refractivity contribution is 0.149. The first kappa shape index (κ1) is 12.2. The molecule has 5 heteroatoms. The zero-order valence-corrected chi connectivity index (χ0v) is 8.21. The first-order chi connectivity index (χ1) is 6.20. The van der Waals surface area contributed by atoms with E-state index in [-0.39, 0.29) is 6.04 Å². The van der Waals surface area contributed by atoms with Crippen LogP contribution in [0.15, 0.2) is 0 Å². The molecule has 0 fully saturated rings. The molecule has 0 saturated carbocycles. The average Bonchev–Trinajstić information content (AvgIpc) is 2.05. The molecule has 0 aliphatic rings. The first-order valence-corrected chi connectivity index (χ1v) is 4.35. The van der Waals surface area contributed by atoms with Gasteiger partial charge in [0.25, 0.3) is 0 Å². The standard InChI is InChI=1S/C8H18N2O3/c1-3-13-8(11)10-5-4-7(9)6-12-2/h7H,3-6,9H2,1-2H3,(H,10,11). The third-order valence-electron chi connectivity index (χ3n) is 1.44. The number of methoxy groups -OCH3 is 1. The van der Waals surface area contributed by atoms with E-state index in [2.05, 4.69) is 10.1 Å². The molecule has 0 bridgehead atoms. The molecule has 0 aliphatic heterocycles. The molecule has 3 N–H and O–H groups in total. The van der Waals surface area contributed by atoms with Crippen LogP contribution in [0.4, 0.5) is 4.79 Å². The van der Waals surface area contributed by atoms with E-state index in [1.165, 1.54) is 0 Å². The van der Waals surface area contributed by atoms with Gasteiger partial charge in [-0.1, -0.05) is 0 Å². The third kappa shape index (κ3) is 7.55. The lowest BCUT2D eigenvalue weighted by Crippen LogP contribution is -2.33. The van der Waals surface area contributed by atoms with Gasteiger partial charge in [0.15, 0.2) is 0 Å². The Morgan fingerprint density at radius 3 is 2.85 bits per heavy atom. The predicted octanol–water partition coefficient (Wildman–Crippen LogP) is 0.0963. The molecule has 5 nitrogen and oxygen atoms in total. The maximum Gasteiger partial charge on any atom is 0.407 e. The number of rotatable bonds is 6. The van der Waals surface area contributed by atoms with Crippen LogP contribution in [0.5, 0.6) is 0 Å². The zero-order valence-electron chi connectivity index (χ0n) is 8.21. The maximum absolute atomic E-state index is 10.8. The van der Waals surface area contributed by atoms with Crippen LogP contribution in [0.1, 0.15) is 13.3 Å². The molecule has 1 unspecified atom stereocenters. The van der Waals surface area contributed by atoms with Crippen LogP contribution in [0, 0.1) is 0 Å². The van der Waals surface area contributed by atoms with E-state index >= 15 is 0 Å². The van der Waals surface area contributed by atoms with E-state index in [4.69, 9.17) is 10.5 Å². The Kier molecular flexibility index (Phi) is 7.33. The van der Waals surface area contributed by atoms with Crippen molar-refractivity contribution in [3.63, 3.8) is 0 Å². The highest BCUT2D eigenvalue weighted by Gasteiger charge is 2.03. The summed E-state index contributed by atoms with van der Waals surface area (Å²) in [6.45, 7) is 3.17. The Balaban J connectivity index is 3.28. The fraction of sp³-hybridized carbons (Fsp3) is 0.875. The van der Waals surface area contributed by atoms with Crippen LogP contribution in [0.3, 0.4) is 0 Å². The number of hydrogen-bond donors (Lipinski definition) is 2. The Morgan fingerprint density at radius 1 is 1.62 bits per heavy atom. The summed E-state index contributed by atoms with van der Waals surface area (Å²) in [5, 5.41) is 2.58. The van der Waals surface area contributed by atoms with Crippen molar-refractivity contribution in [1.29, 1.82) is 0 Å². The van der Waals surface area contributed by atoms with Crippen molar-refractivity contribution >= 4 is 6.09 Å². The minimum Gasteiger partial charge on any atom is -0.450 e. The van der Waals surface area contributed by atoms with Crippen LogP contribution in [0.2, 0.25) is 0 Å². The number of ether oxygens (including phenoxy) is 2. The molecule has 0 aromatic heterocycles. The molecule has 13 heavy (non-hydrogen) atoms. The number of amides is 1. The molecule has 0 aliphatic carbocycles. The molecule has 0 saturated heterocycles. The second kappa shape index (κ2) is 7.82. The molecule has 0 spiro atoms. The highest BCUT2D eigenvalue weighted by atomic mass is 16.5. The lowest BCUT2D eigenvalue weighted by atomic mass is 10.2. The van der Waals surface area contributed by atoms with Crippen molar-refractivity contribution in [1.82, 2.24) is 5.32 Å². The number of carbonyl (C=O) groups is 1. The highest BCUT2D eigenvalue weighted by molar-refractivity contribution is 5.66. The minimum atomic E-state index is -0.396. The zero-order chi connectivity index (χ0) is 10.1. The fourth-order valence-electron chi connectivity index (χ4n) is 0.839. The number of hydrogen-bond acceptors (Lipinski definition) is 4. The van der Waals surface area contributed by atoms with E-state index in [9.17, 15) is 4.79 Å². The van der Waals surface area contributed by atoms with Crippen molar-refractivity contribution in [3.05, 3.63) is 0 Å². The lowest BCUT2D eigenvalue weighted by Gasteiger charge is -2.10. The van der Waals surface area contributed by atoms with Gasteiger partial charge in [0.2, 0.25) is 0 Å². The van der Waals surface area contributed by atoms with Gasteiger partial charge in [-0.05, 0) is 13.3 Å². The van der Waals surface area contributed by atoms with Crippen molar-refractivity contribution in [2.24, 2.45) is 5.73 Å². The molecule has 1 atom stereocenters. The SMILES string of the molecule is CCOC(=O)NCCC(N)COC. The summed E-state index contributed by atoms with van der Waals surface area (Å²) in [7, 11) is 1.60. The van der Waals surface area contributed by atoms with Gasteiger partial charge in [0.05, 0.1) is 13.2 Å². The van der Waals surface area contributed by atoms with Gasteiger partial charge in [-0.15, -0.1) is 0 Å². The molecular weight excluding hydrogens is 172 g/mol. The van der Waals surface area contributed by atoms with Gasteiger partial charge in [-0.3, -0.25) is 0 Å². The molecule has 0 heterocycles. The van der Waals surface area contributed by atoms with E-state index in [1.54, 1.807) is 14.0 Å². The quantitative estimate of drug-likeness (QED) is 0.623. The van der Waals surface area contributed by atoms with Crippen molar-refractivity contribution < 1.29 is 14.3 Å². The van der Waals surface area contributed by atoms with E-state index in [0.29, 0.717) is 26.2 Å².